The molecular formula is C21H29ClN6O4S. The monoisotopic (exact) mass is 496 g/mol. The summed E-state index contributed by atoms with van der Waals surface area (Å²) in [6.45, 7) is 6.10. The Labute approximate surface area is 199 Å². The Morgan fingerprint density at radius 3 is 2.00 bits per heavy atom. The first-order chi connectivity index (χ1) is 15.9. The maximum atomic E-state index is 13.0. The van der Waals surface area contributed by atoms with Crippen molar-refractivity contribution in [1.82, 2.24) is 19.4 Å². The van der Waals surface area contributed by atoms with Crippen LogP contribution in [0.5, 0.6) is 5.75 Å². The molecule has 2 aromatic rings. The first kappa shape index (κ1) is 24.0. The van der Waals surface area contributed by atoms with Gasteiger partial charge in [0.05, 0.1) is 23.6 Å². The fraction of sp³-hybridized carbons (Fsp3) is 0.524. The van der Waals surface area contributed by atoms with Crippen LogP contribution in [0, 0.1) is 0 Å². The van der Waals surface area contributed by atoms with Gasteiger partial charge in [0.2, 0.25) is 10.0 Å². The second-order valence-corrected chi connectivity index (χ2v) is 10.3. The van der Waals surface area contributed by atoms with Crippen molar-refractivity contribution >= 4 is 33.3 Å². The maximum Gasteiger partial charge on any atom is 0.243 e. The van der Waals surface area contributed by atoms with Crippen LogP contribution in [-0.2, 0) is 10.0 Å². The average molecular weight is 497 g/mol. The molecule has 12 heteroatoms. The lowest BCUT2D eigenvalue weighted by Crippen LogP contribution is -2.49. The Morgan fingerprint density at radius 2 is 1.52 bits per heavy atom. The molecule has 2 saturated heterocycles. The molecule has 0 atom stereocenters. The van der Waals surface area contributed by atoms with E-state index in [4.69, 9.17) is 21.4 Å². The molecule has 0 aliphatic carbocycles. The molecule has 0 saturated carbocycles. The van der Waals surface area contributed by atoms with Crippen LogP contribution in [0.4, 0.5) is 11.6 Å². The summed E-state index contributed by atoms with van der Waals surface area (Å²) >= 11 is 6.12. The van der Waals surface area contributed by atoms with Crippen LogP contribution in [0.1, 0.15) is 0 Å². The van der Waals surface area contributed by atoms with Gasteiger partial charge in [-0.15, -0.1) is 10.2 Å². The minimum Gasteiger partial charge on any atom is -0.495 e. The predicted octanol–water partition coefficient (Wildman–Crippen LogP) is 0.764. The molecule has 2 aliphatic rings. The molecule has 1 N–H and O–H groups in total. The van der Waals surface area contributed by atoms with Crippen molar-refractivity contribution < 1.29 is 18.3 Å². The van der Waals surface area contributed by atoms with Crippen LogP contribution in [0.25, 0.3) is 0 Å². The Kier molecular flexibility index (Phi) is 7.55. The van der Waals surface area contributed by atoms with E-state index in [0.29, 0.717) is 38.5 Å². The molecular weight excluding hydrogens is 468 g/mol. The second kappa shape index (κ2) is 10.4. The number of benzene rings is 1. The van der Waals surface area contributed by atoms with Crippen molar-refractivity contribution in [1.29, 1.82) is 0 Å². The molecule has 1 aromatic heterocycles. The molecule has 0 radical (unpaired) electrons. The van der Waals surface area contributed by atoms with Crippen molar-refractivity contribution in [2.75, 3.05) is 82.4 Å². The molecule has 3 heterocycles. The summed E-state index contributed by atoms with van der Waals surface area (Å²) in [5.41, 5.74) is 0. The number of piperazine rings is 2. The van der Waals surface area contributed by atoms with E-state index in [9.17, 15) is 8.42 Å². The molecule has 4 rings (SSSR count). The van der Waals surface area contributed by atoms with Gasteiger partial charge in [0.1, 0.15) is 5.75 Å². The van der Waals surface area contributed by atoms with Crippen LogP contribution in [-0.4, -0.2) is 106 Å². The molecule has 33 heavy (non-hydrogen) atoms. The van der Waals surface area contributed by atoms with E-state index in [1.54, 1.807) is 6.07 Å². The summed E-state index contributed by atoms with van der Waals surface area (Å²) in [6, 6.07) is 8.41. The van der Waals surface area contributed by atoms with Crippen molar-refractivity contribution in [2.45, 2.75) is 4.90 Å². The van der Waals surface area contributed by atoms with Crippen molar-refractivity contribution in [2.24, 2.45) is 0 Å². The van der Waals surface area contributed by atoms with Gasteiger partial charge in [-0.05, 0) is 30.3 Å². The number of aliphatic hydroxyl groups is 1. The Morgan fingerprint density at radius 1 is 0.939 bits per heavy atom. The highest BCUT2D eigenvalue weighted by Crippen LogP contribution is 2.29. The Hall–Kier alpha value is -2.18. The smallest absolute Gasteiger partial charge is 0.243 e. The third-order valence-electron chi connectivity index (χ3n) is 6.07. The first-order valence-electron chi connectivity index (χ1n) is 10.9. The van der Waals surface area contributed by atoms with E-state index in [1.165, 1.54) is 23.5 Å². The van der Waals surface area contributed by atoms with Gasteiger partial charge in [0, 0.05) is 58.9 Å². The van der Waals surface area contributed by atoms with Crippen LogP contribution in [0.15, 0.2) is 35.2 Å². The third kappa shape index (κ3) is 5.33. The molecule has 10 nitrogen and oxygen atoms in total. The second-order valence-electron chi connectivity index (χ2n) is 7.99. The van der Waals surface area contributed by atoms with Crippen molar-refractivity contribution in [3.63, 3.8) is 0 Å². The van der Waals surface area contributed by atoms with Gasteiger partial charge < -0.3 is 19.6 Å². The molecule has 1 aromatic carbocycles. The third-order valence-corrected chi connectivity index (χ3v) is 8.26. The molecule has 2 fully saturated rings. The number of anilines is 2. The lowest BCUT2D eigenvalue weighted by Gasteiger charge is -2.36. The van der Waals surface area contributed by atoms with E-state index in [1.807, 2.05) is 17.0 Å². The topological polar surface area (TPSA) is 102 Å². The minimum absolute atomic E-state index is 0.157. The quantitative estimate of drug-likeness (QED) is 0.595. The fourth-order valence-electron chi connectivity index (χ4n) is 4.11. The van der Waals surface area contributed by atoms with Crippen LogP contribution in [0.2, 0.25) is 5.02 Å². The highest BCUT2D eigenvalue weighted by atomic mass is 35.5. The SMILES string of the molecule is COc1ccc(S(=O)(=O)N2CCN(c3ccc(N4CCN(CCO)CC4)nn3)CC2)cc1Cl. The summed E-state index contributed by atoms with van der Waals surface area (Å²) in [5, 5.41) is 18.1. The summed E-state index contributed by atoms with van der Waals surface area (Å²) < 4.78 is 32.6. The zero-order valence-corrected chi connectivity index (χ0v) is 20.2. The van der Waals surface area contributed by atoms with Gasteiger partial charge in [0.25, 0.3) is 0 Å². The Balaban J connectivity index is 1.34. The molecule has 0 amide bonds. The number of methoxy groups -OCH3 is 1. The van der Waals surface area contributed by atoms with Crippen LogP contribution >= 0.6 is 11.6 Å². The van der Waals surface area contributed by atoms with E-state index in [2.05, 4.69) is 20.0 Å². The minimum atomic E-state index is -3.64. The largest absolute Gasteiger partial charge is 0.495 e. The average Bonchev–Trinajstić information content (AvgIpc) is 2.85. The molecule has 2 aliphatic heterocycles. The number of hydrogen-bond acceptors (Lipinski definition) is 9. The van der Waals surface area contributed by atoms with Gasteiger partial charge >= 0.3 is 0 Å². The van der Waals surface area contributed by atoms with Gasteiger partial charge in [-0.2, -0.15) is 4.31 Å². The summed E-state index contributed by atoms with van der Waals surface area (Å²) in [7, 11) is -2.15. The number of aliphatic hydroxyl groups excluding tert-OH is 1. The molecule has 0 bridgehead atoms. The zero-order chi connectivity index (χ0) is 23.4. The van der Waals surface area contributed by atoms with Gasteiger partial charge in [-0.25, -0.2) is 8.42 Å². The number of halogens is 1. The van der Waals surface area contributed by atoms with Crippen molar-refractivity contribution in [3.8, 4) is 5.75 Å². The number of sulfonamides is 1. The number of hydrogen-bond donors (Lipinski definition) is 1. The van der Waals surface area contributed by atoms with E-state index < -0.39 is 10.0 Å². The number of rotatable bonds is 7. The summed E-state index contributed by atoms with van der Waals surface area (Å²) in [6.07, 6.45) is 0. The standard InChI is InChI=1S/C21H29ClN6O4S/c1-32-19-3-2-17(16-18(19)22)33(30,31)28-12-10-27(11-13-28)21-5-4-20(23-24-21)26-8-6-25(7-9-26)14-15-29/h2-5,16,29H,6-15H2,1H3. The number of aromatic nitrogens is 2. The number of nitrogens with zero attached hydrogens (tertiary/aromatic N) is 6. The van der Waals surface area contributed by atoms with E-state index in [0.717, 1.165) is 37.8 Å². The first-order valence-corrected chi connectivity index (χ1v) is 12.7. The highest BCUT2D eigenvalue weighted by molar-refractivity contribution is 7.89. The van der Waals surface area contributed by atoms with Gasteiger partial charge in [0.15, 0.2) is 11.6 Å². The molecule has 0 spiro atoms. The highest BCUT2D eigenvalue weighted by Gasteiger charge is 2.29. The predicted molar refractivity (Wildman–Crippen MR) is 127 cm³/mol. The van der Waals surface area contributed by atoms with Crippen LogP contribution < -0.4 is 14.5 Å². The zero-order valence-electron chi connectivity index (χ0n) is 18.6. The number of ether oxygens (including phenoxy) is 1. The lowest BCUT2D eigenvalue weighted by atomic mass is 10.3. The fourth-order valence-corrected chi connectivity index (χ4v) is 5.88. The maximum absolute atomic E-state index is 13.0. The molecule has 180 valence electrons. The Bertz CT molecular complexity index is 1040. The number of β-amino-alcohol motifs (C(OH)–C–C–N with tert-alkyl or cyclic N) is 1. The normalized spacial score (nSPS) is 18.5. The lowest BCUT2D eigenvalue weighted by molar-refractivity contribution is 0.188. The summed E-state index contributed by atoms with van der Waals surface area (Å²) in [4.78, 5) is 6.62. The van der Waals surface area contributed by atoms with Crippen molar-refractivity contribution in [3.05, 3.63) is 35.4 Å². The van der Waals surface area contributed by atoms with Crippen LogP contribution in [0.3, 0.4) is 0 Å². The summed E-state index contributed by atoms with van der Waals surface area (Å²) in [5.74, 6) is 2.01. The van der Waals surface area contributed by atoms with Gasteiger partial charge in [-0.3, -0.25) is 4.90 Å². The van der Waals surface area contributed by atoms with E-state index in [-0.39, 0.29) is 16.5 Å². The van der Waals surface area contributed by atoms with E-state index >= 15 is 0 Å². The molecule has 0 unspecified atom stereocenters. The van der Waals surface area contributed by atoms with Gasteiger partial charge in [-0.1, -0.05) is 11.6 Å².